The molecule has 9 nitrogen and oxygen atoms in total. The van der Waals surface area contributed by atoms with Crippen molar-refractivity contribution in [2.75, 3.05) is 19.6 Å². The third kappa shape index (κ3) is 3.24. The molecule has 26 heavy (non-hydrogen) atoms. The molecule has 0 saturated carbocycles. The van der Waals surface area contributed by atoms with Crippen molar-refractivity contribution in [3.05, 3.63) is 36.2 Å². The summed E-state index contributed by atoms with van der Waals surface area (Å²) in [4.78, 5) is 26.7. The van der Waals surface area contributed by atoms with Crippen LogP contribution >= 0.6 is 0 Å². The number of carbonyl (C=O) groups is 2. The monoisotopic (exact) mass is 356 g/mol. The predicted molar refractivity (Wildman–Crippen MR) is 90.4 cm³/mol. The van der Waals surface area contributed by atoms with Crippen molar-refractivity contribution in [1.82, 2.24) is 30.4 Å². The number of hydrogen-bond donors (Lipinski definition) is 1. The molecule has 0 unspecified atom stereocenters. The minimum atomic E-state index is -0.592. The zero-order valence-electron chi connectivity index (χ0n) is 14.3. The lowest BCUT2D eigenvalue weighted by Crippen LogP contribution is -2.58. The fourth-order valence-corrected chi connectivity index (χ4v) is 3.54. The van der Waals surface area contributed by atoms with Gasteiger partial charge in [-0.05, 0) is 35.4 Å². The summed E-state index contributed by atoms with van der Waals surface area (Å²) in [6.45, 7) is 1.97. The minimum Gasteiger partial charge on any atom is -0.483 e. The summed E-state index contributed by atoms with van der Waals surface area (Å²) < 4.78 is 7.81. The average molecular weight is 356 g/mol. The summed E-state index contributed by atoms with van der Waals surface area (Å²) in [5.41, 5.74) is -0.0585. The lowest BCUT2D eigenvalue weighted by molar-refractivity contribution is -0.137. The van der Waals surface area contributed by atoms with Crippen LogP contribution in [0.5, 0.6) is 5.75 Å². The van der Waals surface area contributed by atoms with Crippen molar-refractivity contribution in [2.24, 2.45) is 0 Å². The number of aryl methyl sites for hydroxylation is 1. The highest BCUT2D eigenvalue weighted by molar-refractivity contribution is 5.97. The van der Waals surface area contributed by atoms with E-state index < -0.39 is 5.60 Å². The Bertz CT molecular complexity index is 809. The number of amides is 2. The number of nitrogens with one attached hydrogen (secondary N) is 1. The standard InChI is InChI=1S/C17H20N6O3/c24-15(6-9-23-12-19-20-21-23)22-8-3-7-17(11-22)10-18-16(25)13-4-1-2-5-14(13)26-17/h1-2,4-5,12H,3,6-11H2,(H,18,25)/t17-/m0/s1. The number of para-hydroxylation sites is 1. The maximum Gasteiger partial charge on any atom is 0.255 e. The Morgan fingerprint density at radius 1 is 1.35 bits per heavy atom. The van der Waals surface area contributed by atoms with E-state index in [2.05, 4.69) is 20.8 Å². The van der Waals surface area contributed by atoms with E-state index in [9.17, 15) is 9.59 Å². The lowest BCUT2D eigenvalue weighted by atomic mass is 9.92. The van der Waals surface area contributed by atoms with Gasteiger partial charge in [-0.15, -0.1) is 5.10 Å². The fourth-order valence-electron chi connectivity index (χ4n) is 3.54. The van der Waals surface area contributed by atoms with Crippen molar-refractivity contribution in [3.63, 3.8) is 0 Å². The van der Waals surface area contributed by atoms with Gasteiger partial charge < -0.3 is 15.0 Å². The maximum absolute atomic E-state index is 12.6. The molecule has 9 heteroatoms. The van der Waals surface area contributed by atoms with E-state index in [1.807, 2.05) is 17.0 Å². The topological polar surface area (TPSA) is 102 Å². The van der Waals surface area contributed by atoms with Crippen LogP contribution in [0, 0.1) is 0 Å². The van der Waals surface area contributed by atoms with Crippen molar-refractivity contribution < 1.29 is 14.3 Å². The normalized spacial score (nSPS) is 22.3. The Kier molecular flexibility index (Phi) is 4.27. The van der Waals surface area contributed by atoms with E-state index in [0.717, 1.165) is 12.8 Å². The second kappa shape index (κ2) is 6.74. The molecule has 0 bridgehead atoms. The summed E-state index contributed by atoms with van der Waals surface area (Å²) in [7, 11) is 0. The molecule has 0 aliphatic carbocycles. The molecular weight excluding hydrogens is 336 g/mol. The summed E-state index contributed by atoms with van der Waals surface area (Å²) >= 11 is 0. The maximum atomic E-state index is 12.6. The molecule has 1 fully saturated rings. The van der Waals surface area contributed by atoms with Gasteiger partial charge in [0.2, 0.25) is 5.91 Å². The van der Waals surface area contributed by atoms with Gasteiger partial charge in [-0.1, -0.05) is 12.1 Å². The number of hydrogen-bond acceptors (Lipinski definition) is 6. The Balaban J connectivity index is 1.47. The minimum absolute atomic E-state index is 0.0343. The number of likely N-dealkylation sites (tertiary alicyclic amines) is 1. The number of carbonyl (C=O) groups excluding carboxylic acids is 2. The van der Waals surface area contributed by atoms with Gasteiger partial charge in [0.05, 0.1) is 25.2 Å². The Morgan fingerprint density at radius 3 is 3.08 bits per heavy atom. The summed E-state index contributed by atoms with van der Waals surface area (Å²) in [6.07, 6.45) is 3.43. The van der Waals surface area contributed by atoms with Gasteiger partial charge in [0.15, 0.2) is 0 Å². The van der Waals surface area contributed by atoms with Gasteiger partial charge in [-0.2, -0.15) is 0 Å². The van der Waals surface area contributed by atoms with E-state index in [0.29, 0.717) is 43.9 Å². The van der Waals surface area contributed by atoms with Gasteiger partial charge >= 0.3 is 0 Å². The number of rotatable bonds is 3. The van der Waals surface area contributed by atoms with Gasteiger partial charge in [0, 0.05) is 13.0 Å². The highest BCUT2D eigenvalue weighted by Gasteiger charge is 2.41. The molecule has 136 valence electrons. The predicted octanol–water partition coefficient (Wildman–Crippen LogP) is 0.247. The smallest absolute Gasteiger partial charge is 0.255 e. The van der Waals surface area contributed by atoms with Gasteiger partial charge in [-0.25, -0.2) is 4.68 Å². The third-order valence-electron chi connectivity index (χ3n) is 4.87. The molecule has 1 N–H and O–H groups in total. The van der Waals surface area contributed by atoms with Crippen LogP contribution in [0.15, 0.2) is 30.6 Å². The first-order valence-electron chi connectivity index (χ1n) is 8.70. The molecular formula is C17H20N6O3. The van der Waals surface area contributed by atoms with E-state index in [4.69, 9.17) is 4.74 Å². The van der Waals surface area contributed by atoms with E-state index >= 15 is 0 Å². The van der Waals surface area contributed by atoms with Crippen LogP contribution in [0.4, 0.5) is 0 Å². The van der Waals surface area contributed by atoms with Crippen LogP contribution in [-0.4, -0.2) is 62.2 Å². The van der Waals surface area contributed by atoms with Crippen LogP contribution < -0.4 is 10.1 Å². The van der Waals surface area contributed by atoms with Crippen molar-refractivity contribution >= 4 is 11.8 Å². The number of ether oxygens (including phenoxy) is 1. The average Bonchev–Trinajstić information content (AvgIpc) is 3.14. The van der Waals surface area contributed by atoms with Gasteiger partial charge in [-0.3, -0.25) is 9.59 Å². The number of aromatic nitrogens is 4. The number of fused-ring (bicyclic) bond motifs is 1. The molecule has 0 radical (unpaired) electrons. The molecule has 2 aliphatic heterocycles. The first-order valence-corrected chi connectivity index (χ1v) is 8.70. The summed E-state index contributed by atoms with van der Waals surface area (Å²) in [5.74, 6) is 0.470. The number of piperidine rings is 1. The van der Waals surface area contributed by atoms with Crippen LogP contribution in [0.3, 0.4) is 0 Å². The highest BCUT2D eigenvalue weighted by atomic mass is 16.5. The molecule has 2 amide bonds. The van der Waals surface area contributed by atoms with Crippen molar-refractivity contribution in [3.8, 4) is 5.75 Å². The van der Waals surface area contributed by atoms with Crippen molar-refractivity contribution in [2.45, 2.75) is 31.4 Å². The molecule has 2 aromatic rings. The first-order chi connectivity index (χ1) is 12.7. The first kappa shape index (κ1) is 16.5. The molecule has 4 rings (SSSR count). The molecule has 1 aromatic heterocycles. The second-order valence-electron chi connectivity index (χ2n) is 6.71. The van der Waals surface area contributed by atoms with E-state index in [1.54, 1.807) is 12.1 Å². The van der Waals surface area contributed by atoms with Crippen LogP contribution in [0.25, 0.3) is 0 Å². The number of nitrogens with zero attached hydrogens (tertiary/aromatic N) is 5. The second-order valence-corrected chi connectivity index (χ2v) is 6.71. The molecule has 1 aromatic carbocycles. The molecule has 2 aliphatic rings. The van der Waals surface area contributed by atoms with Crippen LogP contribution in [-0.2, 0) is 11.3 Å². The molecule has 1 spiro atoms. The third-order valence-corrected chi connectivity index (χ3v) is 4.87. The van der Waals surface area contributed by atoms with Crippen LogP contribution in [0.2, 0.25) is 0 Å². The largest absolute Gasteiger partial charge is 0.483 e. The Labute approximate surface area is 150 Å². The van der Waals surface area contributed by atoms with Crippen molar-refractivity contribution in [1.29, 1.82) is 0 Å². The fraction of sp³-hybridized carbons (Fsp3) is 0.471. The quantitative estimate of drug-likeness (QED) is 0.846. The lowest BCUT2D eigenvalue weighted by Gasteiger charge is -2.42. The van der Waals surface area contributed by atoms with Gasteiger partial charge in [0.25, 0.3) is 5.91 Å². The zero-order valence-corrected chi connectivity index (χ0v) is 14.3. The molecule has 3 heterocycles. The van der Waals surface area contributed by atoms with E-state index in [1.165, 1.54) is 11.0 Å². The number of benzene rings is 1. The number of tetrazole rings is 1. The Morgan fingerprint density at radius 2 is 2.23 bits per heavy atom. The summed E-state index contributed by atoms with van der Waals surface area (Å²) in [6, 6.07) is 7.22. The van der Waals surface area contributed by atoms with Gasteiger partial charge in [0.1, 0.15) is 17.7 Å². The van der Waals surface area contributed by atoms with Crippen LogP contribution in [0.1, 0.15) is 29.6 Å². The summed E-state index contributed by atoms with van der Waals surface area (Å²) in [5, 5.41) is 13.9. The highest BCUT2D eigenvalue weighted by Crippen LogP contribution is 2.32. The zero-order chi connectivity index (χ0) is 18.0. The Hall–Kier alpha value is -2.97. The SMILES string of the molecule is O=C1NC[C@]2(CCCN(C(=O)CCn3cnnn3)C2)Oc2ccccc21. The van der Waals surface area contributed by atoms with E-state index in [-0.39, 0.29) is 11.8 Å². The molecule has 1 saturated heterocycles. The molecule has 1 atom stereocenters.